The van der Waals surface area contributed by atoms with Crippen LogP contribution in [0.2, 0.25) is 0 Å². The molecule has 1 saturated heterocycles. The van der Waals surface area contributed by atoms with Gasteiger partial charge in [0.25, 0.3) is 0 Å². The van der Waals surface area contributed by atoms with Crippen LogP contribution in [-0.2, 0) is 4.74 Å². The quantitative estimate of drug-likeness (QED) is 0.842. The summed E-state index contributed by atoms with van der Waals surface area (Å²) in [4.78, 5) is 4.12. The smallest absolute Gasteiger partial charge is 0.137 e. The van der Waals surface area contributed by atoms with Crippen LogP contribution in [0.4, 0.5) is 0 Å². The topological polar surface area (TPSA) is 57.4 Å². The van der Waals surface area contributed by atoms with E-state index in [1.165, 1.54) is 0 Å². The SMILES string of the molecule is COc1cncc(C(N)C2COC(C)C2)c1. The van der Waals surface area contributed by atoms with E-state index < -0.39 is 0 Å². The Kier molecular flexibility index (Phi) is 3.41. The first-order valence-electron chi connectivity index (χ1n) is 5.57. The summed E-state index contributed by atoms with van der Waals surface area (Å²) in [5, 5.41) is 0. The highest BCUT2D eigenvalue weighted by Crippen LogP contribution is 2.30. The lowest BCUT2D eigenvalue weighted by molar-refractivity contribution is 0.118. The molecule has 0 bridgehead atoms. The maximum absolute atomic E-state index is 6.21. The average Bonchev–Trinajstić information content (AvgIpc) is 2.75. The molecule has 1 aliphatic heterocycles. The Morgan fingerprint density at radius 3 is 3.00 bits per heavy atom. The molecule has 0 saturated carbocycles. The van der Waals surface area contributed by atoms with Crippen molar-refractivity contribution >= 4 is 0 Å². The molecule has 3 atom stereocenters. The number of rotatable bonds is 3. The Bertz CT molecular complexity index is 357. The third-order valence-corrected chi connectivity index (χ3v) is 3.09. The third kappa shape index (κ3) is 2.33. The van der Waals surface area contributed by atoms with E-state index in [-0.39, 0.29) is 6.04 Å². The number of ether oxygens (including phenoxy) is 2. The summed E-state index contributed by atoms with van der Waals surface area (Å²) < 4.78 is 10.7. The molecule has 3 unspecified atom stereocenters. The molecule has 1 fully saturated rings. The van der Waals surface area contributed by atoms with Gasteiger partial charge >= 0.3 is 0 Å². The van der Waals surface area contributed by atoms with Gasteiger partial charge < -0.3 is 15.2 Å². The molecule has 4 nitrogen and oxygen atoms in total. The summed E-state index contributed by atoms with van der Waals surface area (Å²) in [6.07, 6.45) is 4.81. The van der Waals surface area contributed by atoms with Crippen molar-refractivity contribution in [3.63, 3.8) is 0 Å². The molecule has 0 spiro atoms. The fourth-order valence-corrected chi connectivity index (χ4v) is 2.10. The molecule has 1 aliphatic rings. The largest absolute Gasteiger partial charge is 0.495 e. The molecule has 1 aromatic rings. The van der Waals surface area contributed by atoms with Crippen molar-refractivity contribution in [2.45, 2.75) is 25.5 Å². The minimum absolute atomic E-state index is 0.0208. The van der Waals surface area contributed by atoms with Gasteiger partial charge in [-0.15, -0.1) is 0 Å². The number of methoxy groups -OCH3 is 1. The first kappa shape index (κ1) is 11.4. The number of nitrogens with zero attached hydrogens (tertiary/aromatic N) is 1. The normalized spacial score (nSPS) is 26.7. The van der Waals surface area contributed by atoms with Gasteiger partial charge in [0, 0.05) is 18.2 Å². The fourth-order valence-electron chi connectivity index (χ4n) is 2.10. The zero-order valence-corrected chi connectivity index (χ0v) is 9.72. The van der Waals surface area contributed by atoms with Gasteiger partial charge in [0.15, 0.2) is 0 Å². The molecule has 2 N–H and O–H groups in total. The number of hydrogen-bond donors (Lipinski definition) is 1. The maximum atomic E-state index is 6.21. The molecule has 0 amide bonds. The minimum Gasteiger partial charge on any atom is -0.495 e. The van der Waals surface area contributed by atoms with Gasteiger partial charge in [0.05, 0.1) is 26.0 Å². The van der Waals surface area contributed by atoms with Crippen LogP contribution in [0.3, 0.4) is 0 Å². The van der Waals surface area contributed by atoms with Crippen LogP contribution in [0.25, 0.3) is 0 Å². The fraction of sp³-hybridized carbons (Fsp3) is 0.583. The minimum atomic E-state index is -0.0208. The first-order valence-corrected chi connectivity index (χ1v) is 5.57. The standard InChI is InChI=1S/C12H18N2O2/c1-8-3-10(7-16-8)12(13)9-4-11(15-2)6-14-5-9/h4-6,8,10,12H,3,7,13H2,1-2H3. The van der Waals surface area contributed by atoms with Crippen molar-refractivity contribution in [3.05, 3.63) is 24.0 Å². The van der Waals surface area contributed by atoms with Crippen LogP contribution < -0.4 is 10.5 Å². The van der Waals surface area contributed by atoms with Crippen LogP contribution in [0.1, 0.15) is 24.9 Å². The second-order valence-electron chi connectivity index (χ2n) is 4.32. The van der Waals surface area contributed by atoms with E-state index in [0.29, 0.717) is 12.0 Å². The van der Waals surface area contributed by atoms with Crippen molar-refractivity contribution in [2.24, 2.45) is 11.7 Å². The van der Waals surface area contributed by atoms with Crippen LogP contribution in [-0.4, -0.2) is 24.8 Å². The van der Waals surface area contributed by atoms with Crippen molar-refractivity contribution in [1.82, 2.24) is 4.98 Å². The Morgan fingerprint density at radius 2 is 2.38 bits per heavy atom. The summed E-state index contributed by atoms with van der Waals surface area (Å²) in [6.45, 7) is 2.82. The van der Waals surface area contributed by atoms with Crippen LogP contribution in [0.15, 0.2) is 18.5 Å². The van der Waals surface area contributed by atoms with E-state index in [2.05, 4.69) is 11.9 Å². The number of nitrogens with two attached hydrogens (primary N) is 1. The van der Waals surface area contributed by atoms with Gasteiger partial charge in [-0.1, -0.05) is 0 Å². The molecule has 0 radical (unpaired) electrons. The van der Waals surface area contributed by atoms with Crippen LogP contribution in [0.5, 0.6) is 5.75 Å². The summed E-state index contributed by atoms with van der Waals surface area (Å²) >= 11 is 0. The molecule has 88 valence electrons. The molecule has 2 heterocycles. The summed E-state index contributed by atoms with van der Waals surface area (Å²) in [7, 11) is 1.63. The molecular weight excluding hydrogens is 204 g/mol. The van der Waals surface area contributed by atoms with Crippen molar-refractivity contribution < 1.29 is 9.47 Å². The van der Waals surface area contributed by atoms with E-state index in [0.717, 1.165) is 24.3 Å². The molecule has 16 heavy (non-hydrogen) atoms. The van der Waals surface area contributed by atoms with Gasteiger partial charge in [0.2, 0.25) is 0 Å². The zero-order chi connectivity index (χ0) is 11.5. The van der Waals surface area contributed by atoms with Crippen LogP contribution >= 0.6 is 0 Å². The number of hydrogen-bond acceptors (Lipinski definition) is 4. The summed E-state index contributed by atoms with van der Waals surface area (Å²) in [5.74, 6) is 1.13. The lowest BCUT2D eigenvalue weighted by Gasteiger charge is -2.18. The first-order chi connectivity index (χ1) is 7.70. The molecule has 2 rings (SSSR count). The number of aromatic nitrogens is 1. The van der Waals surface area contributed by atoms with E-state index in [1.54, 1.807) is 19.5 Å². The lowest BCUT2D eigenvalue weighted by atomic mass is 9.93. The van der Waals surface area contributed by atoms with Gasteiger partial charge in [-0.3, -0.25) is 4.98 Å². The zero-order valence-electron chi connectivity index (χ0n) is 9.72. The van der Waals surface area contributed by atoms with Gasteiger partial charge in [-0.05, 0) is 25.0 Å². The Balaban J connectivity index is 2.10. The Hall–Kier alpha value is -1.13. The van der Waals surface area contributed by atoms with E-state index in [1.807, 2.05) is 6.07 Å². The number of pyridine rings is 1. The van der Waals surface area contributed by atoms with E-state index >= 15 is 0 Å². The Morgan fingerprint density at radius 1 is 1.56 bits per heavy atom. The predicted octanol–water partition coefficient (Wildman–Crippen LogP) is 1.51. The van der Waals surface area contributed by atoms with Gasteiger partial charge in [-0.2, -0.15) is 0 Å². The van der Waals surface area contributed by atoms with Crippen molar-refractivity contribution in [3.8, 4) is 5.75 Å². The summed E-state index contributed by atoms with van der Waals surface area (Å²) in [6, 6.07) is 1.92. The second kappa shape index (κ2) is 4.80. The van der Waals surface area contributed by atoms with Crippen molar-refractivity contribution in [1.29, 1.82) is 0 Å². The highest BCUT2D eigenvalue weighted by atomic mass is 16.5. The summed E-state index contributed by atoms with van der Waals surface area (Å²) in [5.41, 5.74) is 7.23. The van der Waals surface area contributed by atoms with Crippen molar-refractivity contribution in [2.75, 3.05) is 13.7 Å². The van der Waals surface area contributed by atoms with Gasteiger partial charge in [-0.25, -0.2) is 0 Å². The maximum Gasteiger partial charge on any atom is 0.137 e. The molecule has 0 aliphatic carbocycles. The molecule has 4 heteroatoms. The van der Waals surface area contributed by atoms with E-state index in [9.17, 15) is 0 Å². The predicted molar refractivity (Wildman–Crippen MR) is 61.2 cm³/mol. The highest BCUT2D eigenvalue weighted by Gasteiger charge is 2.28. The lowest BCUT2D eigenvalue weighted by Crippen LogP contribution is -2.22. The van der Waals surface area contributed by atoms with Gasteiger partial charge in [0.1, 0.15) is 5.75 Å². The molecule has 1 aromatic heterocycles. The second-order valence-corrected chi connectivity index (χ2v) is 4.32. The Labute approximate surface area is 95.8 Å². The monoisotopic (exact) mass is 222 g/mol. The third-order valence-electron chi connectivity index (χ3n) is 3.09. The van der Waals surface area contributed by atoms with Crippen LogP contribution in [0, 0.1) is 5.92 Å². The molecule has 0 aromatic carbocycles. The van der Waals surface area contributed by atoms with E-state index in [4.69, 9.17) is 15.2 Å². The average molecular weight is 222 g/mol. The highest BCUT2D eigenvalue weighted by molar-refractivity contribution is 5.26. The molecular formula is C12H18N2O2.